The first kappa shape index (κ1) is 20.8. The Morgan fingerprint density at radius 3 is 2.07 bits per heavy atom. The highest BCUT2D eigenvalue weighted by Crippen LogP contribution is 2.20. The number of amides is 1. The Kier molecular flexibility index (Phi) is 6.85. The Labute approximate surface area is 160 Å². The van der Waals surface area contributed by atoms with Gasteiger partial charge in [-0.05, 0) is 55.3 Å². The third kappa shape index (κ3) is 5.72. The zero-order valence-corrected chi connectivity index (χ0v) is 16.7. The molecule has 0 aromatic heterocycles. The fraction of sp³-hybridized carbons (Fsp3) is 0.350. The highest BCUT2D eigenvalue weighted by atomic mass is 32.2. The summed E-state index contributed by atoms with van der Waals surface area (Å²) >= 11 is 0. The largest absolute Gasteiger partial charge is 0.497 e. The van der Waals surface area contributed by atoms with E-state index in [-0.39, 0.29) is 16.8 Å². The minimum atomic E-state index is -3.24. The minimum Gasteiger partial charge on any atom is -0.497 e. The summed E-state index contributed by atoms with van der Waals surface area (Å²) in [6.45, 7) is 3.72. The Hall–Kier alpha value is -2.54. The van der Waals surface area contributed by atoms with Crippen molar-refractivity contribution in [1.82, 2.24) is 5.32 Å². The van der Waals surface area contributed by atoms with Crippen molar-refractivity contribution in [2.45, 2.75) is 37.3 Å². The molecule has 1 N–H and O–H groups in total. The molecule has 2 atom stereocenters. The molecule has 27 heavy (non-hydrogen) atoms. The number of carbonyl (C=O) groups excluding carboxylic acids is 1. The zero-order valence-electron chi connectivity index (χ0n) is 15.9. The summed E-state index contributed by atoms with van der Waals surface area (Å²) in [6.07, 6.45) is 1.05. The van der Waals surface area contributed by atoms with Gasteiger partial charge in [0.2, 0.25) is 0 Å². The topological polar surface area (TPSA) is 81.7 Å². The first-order chi connectivity index (χ1) is 12.7. The molecule has 0 radical (unpaired) electrons. The van der Waals surface area contributed by atoms with E-state index in [1.54, 1.807) is 55.6 Å². The third-order valence-corrected chi connectivity index (χ3v) is 5.30. The van der Waals surface area contributed by atoms with Gasteiger partial charge in [-0.25, -0.2) is 8.42 Å². The lowest BCUT2D eigenvalue weighted by Crippen LogP contribution is -2.39. The summed E-state index contributed by atoms with van der Waals surface area (Å²) in [5, 5.41) is 2.91. The maximum absolute atomic E-state index is 12.6. The molecule has 7 heteroatoms. The number of sulfone groups is 1. The van der Waals surface area contributed by atoms with Gasteiger partial charge in [0.25, 0.3) is 5.91 Å². The number of methoxy groups -OCH3 is 1. The monoisotopic (exact) mass is 391 g/mol. The molecule has 0 spiro atoms. The van der Waals surface area contributed by atoms with Gasteiger partial charge in [-0.1, -0.05) is 19.1 Å². The van der Waals surface area contributed by atoms with Crippen LogP contribution < -0.4 is 14.8 Å². The number of rotatable bonds is 8. The number of hydrogen-bond donors (Lipinski definition) is 1. The smallest absolute Gasteiger partial charge is 0.261 e. The van der Waals surface area contributed by atoms with Crippen molar-refractivity contribution in [3.63, 3.8) is 0 Å². The Balaban J connectivity index is 2.02. The average molecular weight is 391 g/mol. The van der Waals surface area contributed by atoms with Crippen molar-refractivity contribution in [2.24, 2.45) is 0 Å². The zero-order chi connectivity index (χ0) is 20.0. The molecular weight excluding hydrogens is 366 g/mol. The van der Waals surface area contributed by atoms with Crippen LogP contribution in [0.1, 0.15) is 31.9 Å². The lowest BCUT2D eigenvalue weighted by atomic mass is 10.1. The quantitative estimate of drug-likeness (QED) is 0.748. The number of nitrogens with one attached hydrogen (secondary N) is 1. The van der Waals surface area contributed by atoms with Crippen molar-refractivity contribution in [3.8, 4) is 11.5 Å². The van der Waals surface area contributed by atoms with E-state index in [1.807, 2.05) is 13.8 Å². The van der Waals surface area contributed by atoms with Gasteiger partial charge in [-0.3, -0.25) is 4.79 Å². The molecule has 146 valence electrons. The van der Waals surface area contributed by atoms with Crippen molar-refractivity contribution < 1.29 is 22.7 Å². The van der Waals surface area contributed by atoms with E-state index in [2.05, 4.69) is 5.32 Å². The van der Waals surface area contributed by atoms with Crippen LogP contribution in [0.4, 0.5) is 0 Å². The average Bonchev–Trinajstić information content (AvgIpc) is 2.65. The summed E-state index contributed by atoms with van der Waals surface area (Å²) in [6, 6.07) is 13.2. The molecule has 0 saturated heterocycles. The molecule has 0 saturated carbocycles. The second-order valence-corrected chi connectivity index (χ2v) is 8.28. The summed E-state index contributed by atoms with van der Waals surface area (Å²) in [4.78, 5) is 12.8. The van der Waals surface area contributed by atoms with Crippen LogP contribution in [-0.2, 0) is 14.6 Å². The van der Waals surface area contributed by atoms with Crippen LogP contribution in [0.5, 0.6) is 11.5 Å². The number of benzene rings is 2. The van der Waals surface area contributed by atoms with E-state index in [4.69, 9.17) is 9.47 Å². The summed E-state index contributed by atoms with van der Waals surface area (Å²) < 4.78 is 34.0. The summed E-state index contributed by atoms with van der Waals surface area (Å²) in [5.74, 6) is 1.07. The molecular formula is C20H25NO5S. The van der Waals surface area contributed by atoms with Crippen molar-refractivity contribution >= 4 is 15.7 Å². The van der Waals surface area contributed by atoms with Gasteiger partial charge in [-0.15, -0.1) is 0 Å². The summed E-state index contributed by atoms with van der Waals surface area (Å²) in [7, 11) is -1.66. The molecule has 2 aromatic carbocycles. The molecule has 0 heterocycles. The molecule has 2 aromatic rings. The lowest BCUT2D eigenvalue weighted by Gasteiger charge is -2.21. The second-order valence-electron chi connectivity index (χ2n) is 6.26. The molecule has 0 aliphatic carbocycles. The SMILES string of the molecule is CC[C@H](Oc1ccc(OC)cc1)C(=O)N[C@H](C)c1ccc(S(C)(=O)=O)cc1. The Bertz CT molecular complexity index is 860. The number of carbonyl (C=O) groups is 1. The molecule has 0 fully saturated rings. The number of ether oxygens (including phenoxy) is 2. The second kappa shape index (κ2) is 8.90. The van der Waals surface area contributed by atoms with E-state index in [0.717, 1.165) is 11.8 Å². The lowest BCUT2D eigenvalue weighted by molar-refractivity contribution is -0.128. The number of hydrogen-bond acceptors (Lipinski definition) is 5. The van der Waals surface area contributed by atoms with Crippen molar-refractivity contribution in [2.75, 3.05) is 13.4 Å². The van der Waals surface area contributed by atoms with Crippen LogP contribution in [0.2, 0.25) is 0 Å². The molecule has 6 nitrogen and oxygen atoms in total. The Morgan fingerprint density at radius 2 is 1.59 bits per heavy atom. The van der Waals surface area contributed by atoms with Crippen LogP contribution in [0.15, 0.2) is 53.4 Å². The van der Waals surface area contributed by atoms with Crippen LogP contribution in [0.25, 0.3) is 0 Å². The van der Waals surface area contributed by atoms with E-state index in [1.165, 1.54) is 0 Å². The van der Waals surface area contributed by atoms with Crippen LogP contribution >= 0.6 is 0 Å². The van der Waals surface area contributed by atoms with Gasteiger partial charge in [-0.2, -0.15) is 0 Å². The van der Waals surface area contributed by atoms with E-state index < -0.39 is 15.9 Å². The van der Waals surface area contributed by atoms with Gasteiger partial charge in [0.05, 0.1) is 18.0 Å². The molecule has 1 amide bonds. The Morgan fingerprint density at radius 1 is 1.04 bits per heavy atom. The van der Waals surface area contributed by atoms with E-state index in [9.17, 15) is 13.2 Å². The van der Waals surface area contributed by atoms with Crippen LogP contribution in [0.3, 0.4) is 0 Å². The van der Waals surface area contributed by atoms with E-state index in [0.29, 0.717) is 17.9 Å². The molecule has 0 aliphatic rings. The van der Waals surface area contributed by atoms with Crippen LogP contribution in [-0.4, -0.2) is 33.8 Å². The maximum atomic E-state index is 12.6. The van der Waals surface area contributed by atoms with Gasteiger partial charge in [0.1, 0.15) is 11.5 Å². The first-order valence-corrected chi connectivity index (χ1v) is 10.5. The first-order valence-electron chi connectivity index (χ1n) is 8.65. The van der Waals surface area contributed by atoms with Gasteiger partial charge in [0, 0.05) is 6.26 Å². The fourth-order valence-electron chi connectivity index (χ4n) is 2.53. The third-order valence-electron chi connectivity index (χ3n) is 4.17. The normalized spacial score (nSPS) is 13.5. The van der Waals surface area contributed by atoms with Gasteiger partial charge < -0.3 is 14.8 Å². The predicted molar refractivity (Wildman–Crippen MR) is 104 cm³/mol. The molecule has 2 rings (SSSR count). The van der Waals surface area contributed by atoms with Crippen molar-refractivity contribution in [1.29, 1.82) is 0 Å². The maximum Gasteiger partial charge on any atom is 0.261 e. The van der Waals surface area contributed by atoms with Crippen molar-refractivity contribution in [3.05, 3.63) is 54.1 Å². The van der Waals surface area contributed by atoms with Gasteiger partial charge >= 0.3 is 0 Å². The van der Waals surface area contributed by atoms with Crippen LogP contribution in [0, 0.1) is 0 Å². The predicted octanol–water partition coefficient (Wildman–Crippen LogP) is 3.13. The highest BCUT2D eigenvalue weighted by Gasteiger charge is 2.21. The fourth-order valence-corrected chi connectivity index (χ4v) is 3.16. The minimum absolute atomic E-state index is 0.229. The van der Waals surface area contributed by atoms with Gasteiger partial charge in [0.15, 0.2) is 15.9 Å². The summed E-state index contributed by atoms with van der Waals surface area (Å²) in [5.41, 5.74) is 0.815. The molecule has 0 aliphatic heterocycles. The molecule has 0 unspecified atom stereocenters. The van der Waals surface area contributed by atoms with E-state index >= 15 is 0 Å². The highest BCUT2D eigenvalue weighted by molar-refractivity contribution is 7.90. The standard InChI is InChI=1S/C20H25NO5S/c1-5-19(26-17-10-8-16(25-3)9-11-17)20(22)21-14(2)15-6-12-18(13-7-15)27(4,23)24/h6-14,19H,5H2,1-4H3,(H,21,22)/t14-,19+/m1/s1. The molecule has 0 bridgehead atoms.